The number of terminal acetylenes is 1. The third-order valence-electron chi connectivity index (χ3n) is 4.71. The molecule has 0 radical (unpaired) electrons. The molecule has 178 valence electrons. The zero-order chi connectivity index (χ0) is 24.9. The smallest absolute Gasteiger partial charge is 0.433 e. The minimum absolute atomic E-state index is 0.0734. The van der Waals surface area contributed by atoms with Crippen LogP contribution in [-0.4, -0.2) is 38.7 Å². The molecule has 2 aromatic heterocycles. The van der Waals surface area contributed by atoms with Gasteiger partial charge in [-0.25, -0.2) is 9.97 Å². The minimum atomic E-state index is -4.78. The van der Waals surface area contributed by atoms with Gasteiger partial charge in [0.1, 0.15) is 5.69 Å². The number of hydrogen-bond donors (Lipinski definition) is 0. The van der Waals surface area contributed by atoms with E-state index < -0.39 is 27.8 Å². The van der Waals surface area contributed by atoms with Crippen LogP contribution < -0.4 is 15.0 Å². The van der Waals surface area contributed by atoms with Gasteiger partial charge in [0.15, 0.2) is 11.5 Å². The van der Waals surface area contributed by atoms with Crippen LogP contribution in [-0.2, 0) is 23.5 Å². The first-order valence-corrected chi connectivity index (χ1v) is 11.2. The summed E-state index contributed by atoms with van der Waals surface area (Å²) in [6, 6.07) is 8.44. The summed E-state index contributed by atoms with van der Waals surface area (Å²) in [4.78, 5) is 19.9. The van der Waals surface area contributed by atoms with Gasteiger partial charge in [-0.05, 0) is 29.8 Å². The monoisotopic (exact) mass is 491 g/mol. The largest absolute Gasteiger partial charge is 0.493 e. The molecule has 7 nitrogen and oxygen atoms in total. The Bertz CT molecular complexity index is 1320. The van der Waals surface area contributed by atoms with E-state index in [-0.39, 0.29) is 35.5 Å². The van der Waals surface area contributed by atoms with Crippen LogP contribution in [0.2, 0.25) is 0 Å². The van der Waals surface area contributed by atoms with Crippen LogP contribution in [0.5, 0.6) is 11.5 Å². The Hall–Kier alpha value is -3.65. The molecule has 3 aromatic rings. The third kappa shape index (κ3) is 5.82. The molecular formula is C23H20F3N3O4S. The quantitative estimate of drug-likeness (QED) is 0.354. The number of methoxy groups -OCH3 is 2. The van der Waals surface area contributed by atoms with Crippen LogP contribution in [0.3, 0.4) is 0 Å². The molecular weight excluding hydrogens is 471 g/mol. The van der Waals surface area contributed by atoms with Crippen LogP contribution in [0.15, 0.2) is 52.5 Å². The summed E-state index contributed by atoms with van der Waals surface area (Å²) in [5.41, 5.74) is -0.803. The van der Waals surface area contributed by atoms with E-state index in [1.165, 1.54) is 37.1 Å². The normalized spacial score (nSPS) is 12.1. The van der Waals surface area contributed by atoms with Gasteiger partial charge in [-0.2, -0.15) is 13.2 Å². The van der Waals surface area contributed by atoms with E-state index >= 15 is 0 Å². The van der Waals surface area contributed by atoms with E-state index in [4.69, 9.17) is 15.9 Å². The van der Waals surface area contributed by atoms with Crippen LogP contribution >= 0.6 is 0 Å². The van der Waals surface area contributed by atoms with Crippen molar-refractivity contribution >= 4 is 10.8 Å². The highest BCUT2D eigenvalue weighted by Gasteiger charge is 2.34. The summed E-state index contributed by atoms with van der Waals surface area (Å²) >= 11 is 0. The fraction of sp³-hybridized carbons (Fsp3) is 0.261. The van der Waals surface area contributed by atoms with Gasteiger partial charge in [0, 0.05) is 30.0 Å². The van der Waals surface area contributed by atoms with E-state index in [0.717, 1.165) is 6.07 Å². The van der Waals surface area contributed by atoms with Gasteiger partial charge < -0.3 is 14.0 Å². The van der Waals surface area contributed by atoms with Gasteiger partial charge in [-0.3, -0.25) is 9.00 Å². The zero-order valence-electron chi connectivity index (χ0n) is 18.3. The fourth-order valence-corrected chi connectivity index (χ4v) is 3.93. The van der Waals surface area contributed by atoms with Crippen LogP contribution in [0.1, 0.15) is 17.7 Å². The summed E-state index contributed by atoms with van der Waals surface area (Å²) in [5, 5.41) is -0.474. The number of ether oxygens (including phenoxy) is 2. The molecule has 0 fully saturated rings. The lowest BCUT2D eigenvalue weighted by atomic mass is 10.1. The average molecular weight is 491 g/mol. The summed E-state index contributed by atoms with van der Waals surface area (Å²) in [6.45, 7) is 0.116. The van der Waals surface area contributed by atoms with Gasteiger partial charge in [0.2, 0.25) is 5.16 Å². The third-order valence-corrected chi connectivity index (χ3v) is 5.88. The fourth-order valence-electron chi connectivity index (χ4n) is 3.05. The van der Waals surface area contributed by atoms with Gasteiger partial charge in [-0.1, -0.05) is 6.07 Å². The molecule has 11 heteroatoms. The summed E-state index contributed by atoms with van der Waals surface area (Å²) in [6.07, 6.45) is 1.85. The molecule has 0 saturated heterocycles. The number of rotatable bonds is 8. The van der Waals surface area contributed by atoms with Gasteiger partial charge in [-0.15, -0.1) is 12.3 Å². The molecule has 0 aliphatic carbocycles. The molecule has 1 aromatic carbocycles. The van der Waals surface area contributed by atoms with E-state index in [1.54, 1.807) is 18.2 Å². The maximum absolute atomic E-state index is 13.4. The highest BCUT2D eigenvalue weighted by molar-refractivity contribution is 7.84. The first-order chi connectivity index (χ1) is 16.2. The SMILES string of the molecule is C#CCCS(=O)c1nc(-c2ccc(=O)n(Cc3ccc(OC)c(OC)c3)c2)cc(C(F)(F)F)n1. The predicted molar refractivity (Wildman–Crippen MR) is 120 cm³/mol. The van der Waals surface area contributed by atoms with Crippen LogP contribution in [0.25, 0.3) is 11.3 Å². The Morgan fingerprint density at radius 2 is 1.82 bits per heavy atom. The second-order valence-corrected chi connectivity index (χ2v) is 8.46. The summed E-state index contributed by atoms with van der Waals surface area (Å²) in [7, 11) is 1.06. The van der Waals surface area contributed by atoms with Crippen LogP contribution in [0.4, 0.5) is 13.2 Å². The van der Waals surface area contributed by atoms with Crippen molar-refractivity contribution in [2.45, 2.75) is 24.3 Å². The number of hydrogen-bond acceptors (Lipinski definition) is 6. The Morgan fingerprint density at radius 3 is 2.47 bits per heavy atom. The van der Waals surface area contributed by atoms with Crippen molar-refractivity contribution in [3.63, 3.8) is 0 Å². The molecule has 0 spiro atoms. The van der Waals surface area contributed by atoms with Crippen molar-refractivity contribution in [1.82, 2.24) is 14.5 Å². The maximum Gasteiger partial charge on any atom is 0.433 e. The van der Waals surface area contributed by atoms with Crippen molar-refractivity contribution in [1.29, 1.82) is 0 Å². The first kappa shape index (κ1) is 25.0. The van der Waals surface area contributed by atoms with E-state index in [0.29, 0.717) is 17.1 Å². The van der Waals surface area contributed by atoms with Gasteiger partial charge in [0.05, 0.1) is 37.3 Å². The number of nitrogens with zero attached hydrogens (tertiary/aromatic N) is 3. The maximum atomic E-state index is 13.4. The molecule has 1 atom stereocenters. The number of pyridine rings is 1. The molecule has 34 heavy (non-hydrogen) atoms. The Morgan fingerprint density at radius 1 is 1.09 bits per heavy atom. The lowest BCUT2D eigenvalue weighted by Crippen LogP contribution is -2.19. The van der Waals surface area contributed by atoms with Gasteiger partial charge in [0.25, 0.3) is 5.56 Å². The standard InChI is InChI=1S/C23H20F3N3O4S/c1-4-5-10-34(31)22-27-17(12-20(28-22)23(24,25)26)16-7-9-21(30)29(14-16)13-15-6-8-18(32-2)19(11-15)33-3/h1,6-9,11-12,14H,5,10,13H2,2-3H3. The summed E-state index contributed by atoms with van der Waals surface area (Å²) in [5.74, 6) is 3.19. The molecule has 3 rings (SSSR count). The van der Waals surface area contributed by atoms with E-state index in [2.05, 4.69) is 15.9 Å². The van der Waals surface area contributed by atoms with Gasteiger partial charge >= 0.3 is 6.18 Å². The lowest BCUT2D eigenvalue weighted by Gasteiger charge is -2.13. The lowest BCUT2D eigenvalue weighted by molar-refractivity contribution is -0.141. The van der Waals surface area contributed by atoms with Crippen LogP contribution in [0, 0.1) is 12.3 Å². The Balaban J connectivity index is 2.04. The zero-order valence-corrected chi connectivity index (χ0v) is 19.1. The van der Waals surface area contributed by atoms with Crippen molar-refractivity contribution in [2.75, 3.05) is 20.0 Å². The molecule has 1 unspecified atom stereocenters. The summed E-state index contributed by atoms with van der Waals surface area (Å²) < 4.78 is 64.5. The number of halogens is 3. The average Bonchev–Trinajstić information content (AvgIpc) is 2.82. The van der Waals surface area contributed by atoms with Crippen molar-refractivity contribution in [3.05, 3.63) is 64.2 Å². The molecule has 0 aliphatic heterocycles. The van der Waals surface area contributed by atoms with E-state index in [1.807, 2.05) is 0 Å². The molecule has 0 aliphatic rings. The second-order valence-electron chi connectivity index (χ2n) is 7.00. The molecule has 0 saturated carbocycles. The highest BCUT2D eigenvalue weighted by Crippen LogP contribution is 2.31. The van der Waals surface area contributed by atoms with E-state index in [9.17, 15) is 22.2 Å². The first-order valence-electron chi connectivity index (χ1n) is 9.86. The molecule has 0 bridgehead atoms. The Labute approximate surface area is 196 Å². The van der Waals surface area contributed by atoms with Crippen molar-refractivity contribution in [3.8, 4) is 35.1 Å². The Kier molecular flexibility index (Phi) is 7.73. The van der Waals surface area contributed by atoms with Crippen molar-refractivity contribution < 1.29 is 26.9 Å². The predicted octanol–water partition coefficient (Wildman–Crippen LogP) is 3.52. The highest BCUT2D eigenvalue weighted by atomic mass is 32.2. The number of alkyl halides is 3. The molecule has 0 N–H and O–H groups in total. The molecule has 2 heterocycles. The minimum Gasteiger partial charge on any atom is -0.493 e. The number of benzene rings is 1. The second kappa shape index (κ2) is 10.5. The number of aromatic nitrogens is 3. The topological polar surface area (TPSA) is 83.3 Å². The molecule has 0 amide bonds. The van der Waals surface area contributed by atoms with Crippen molar-refractivity contribution in [2.24, 2.45) is 0 Å².